The summed E-state index contributed by atoms with van der Waals surface area (Å²) in [4.78, 5) is 10.7. The topological polar surface area (TPSA) is 64.8 Å². The van der Waals surface area contributed by atoms with Crippen molar-refractivity contribution in [3.63, 3.8) is 0 Å². The molecule has 0 aliphatic carbocycles. The summed E-state index contributed by atoms with van der Waals surface area (Å²) in [5.41, 5.74) is 5.41. The lowest BCUT2D eigenvalue weighted by Crippen LogP contribution is -2.32. The summed E-state index contributed by atoms with van der Waals surface area (Å²) in [5.74, 6) is -0.365. The summed E-state index contributed by atoms with van der Waals surface area (Å²) in [6, 6.07) is -0.516. The van der Waals surface area contributed by atoms with Gasteiger partial charge in [-0.2, -0.15) is 0 Å². The van der Waals surface area contributed by atoms with Crippen molar-refractivity contribution in [2.24, 2.45) is 5.73 Å². The Morgan fingerprint density at radius 1 is 2.00 bits per heavy atom. The Morgan fingerprint density at radius 2 is 2.60 bits per heavy atom. The van der Waals surface area contributed by atoms with Crippen LogP contribution in [0, 0.1) is 0 Å². The maximum Gasteiger partial charge on any atom is 0.322 e. The van der Waals surface area contributed by atoms with Crippen molar-refractivity contribution < 1.29 is 14.3 Å². The molecule has 0 aromatic carbocycles. The standard InChI is InChI=1S/C6H11NO3/c1-9-6(8)5(7)2-4-3-10-4/h4-5H,2-3,7H2,1H3/t4-,5-/m0/s1. The number of hydrogen-bond acceptors (Lipinski definition) is 4. The summed E-state index contributed by atoms with van der Waals surface area (Å²) >= 11 is 0. The minimum absolute atomic E-state index is 0.189. The van der Waals surface area contributed by atoms with Gasteiger partial charge in [-0.15, -0.1) is 0 Å². The van der Waals surface area contributed by atoms with Crippen molar-refractivity contribution in [3.8, 4) is 0 Å². The van der Waals surface area contributed by atoms with Crippen LogP contribution in [0.3, 0.4) is 0 Å². The average Bonchev–Trinajstić information content (AvgIpc) is 2.70. The molecule has 0 aromatic heterocycles. The first-order chi connectivity index (χ1) is 4.74. The lowest BCUT2D eigenvalue weighted by Gasteiger charge is -2.05. The van der Waals surface area contributed by atoms with Crippen LogP contribution in [0.15, 0.2) is 0 Å². The Labute approximate surface area is 59.3 Å². The van der Waals surface area contributed by atoms with E-state index < -0.39 is 6.04 Å². The molecule has 2 N–H and O–H groups in total. The highest BCUT2D eigenvalue weighted by Crippen LogP contribution is 2.14. The summed E-state index contributed by atoms with van der Waals surface area (Å²) in [5, 5.41) is 0. The van der Waals surface area contributed by atoms with Gasteiger partial charge in [0.25, 0.3) is 0 Å². The Morgan fingerprint density at radius 3 is 3.00 bits per heavy atom. The van der Waals surface area contributed by atoms with Crippen LogP contribution in [0.5, 0.6) is 0 Å². The van der Waals surface area contributed by atoms with Crippen LogP contribution < -0.4 is 5.73 Å². The van der Waals surface area contributed by atoms with Crippen LogP contribution in [-0.2, 0) is 14.3 Å². The molecular formula is C6H11NO3. The van der Waals surface area contributed by atoms with Crippen LogP contribution in [0.1, 0.15) is 6.42 Å². The summed E-state index contributed by atoms with van der Waals surface area (Å²) < 4.78 is 9.31. The normalized spacial score (nSPS) is 25.6. The van der Waals surface area contributed by atoms with Crippen molar-refractivity contribution in [1.29, 1.82) is 0 Å². The van der Waals surface area contributed by atoms with E-state index in [1.54, 1.807) is 0 Å². The molecule has 58 valence electrons. The molecule has 4 nitrogen and oxygen atoms in total. The first-order valence-electron chi connectivity index (χ1n) is 3.19. The van der Waals surface area contributed by atoms with Crippen molar-refractivity contribution in [2.75, 3.05) is 13.7 Å². The van der Waals surface area contributed by atoms with E-state index >= 15 is 0 Å². The number of carbonyl (C=O) groups is 1. The van der Waals surface area contributed by atoms with E-state index in [4.69, 9.17) is 10.5 Å². The van der Waals surface area contributed by atoms with E-state index in [-0.39, 0.29) is 12.1 Å². The Balaban J connectivity index is 2.18. The number of carbonyl (C=O) groups excluding carboxylic acids is 1. The minimum atomic E-state index is -0.516. The predicted octanol–water partition coefficient (Wildman–Crippen LogP) is -0.724. The van der Waals surface area contributed by atoms with Crippen LogP contribution >= 0.6 is 0 Å². The third kappa shape index (κ3) is 1.97. The first kappa shape index (κ1) is 7.50. The van der Waals surface area contributed by atoms with Gasteiger partial charge < -0.3 is 15.2 Å². The highest BCUT2D eigenvalue weighted by atomic mass is 16.6. The Bertz CT molecular complexity index is 133. The molecule has 1 aliphatic rings. The zero-order valence-electron chi connectivity index (χ0n) is 5.87. The third-order valence-corrected chi connectivity index (χ3v) is 1.42. The summed E-state index contributed by atoms with van der Waals surface area (Å²) in [6.07, 6.45) is 0.765. The molecule has 10 heavy (non-hydrogen) atoms. The zero-order valence-corrected chi connectivity index (χ0v) is 5.87. The smallest absolute Gasteiger partial charge is 0.322 e. The minimum Gasteiger partial charge on any atom is -0.468 e. The summed E-state index contributed by atoms with van der Waals surface area (Å²) in [7, 11) is 1.33. The molecule has 0 unspecified atom stereocenters. The van der Waals surface area contributed by atoms with Crippen LogP contribution in [0.25, 0.3) is 0 Å². The maximum absolute atomic E-state index is 10.7. The number of nitrogens with two attached hydrogens (primary N) is 1. The molecule has 1 rings (SSSR count). The molecule has 1 heterocycles. The van der Waals surface area contributed by atoms with Crippen LogP contribution in [-0.4, -0.2) is 31.8 Å². The van der Waals surface area contributed by atoms with Gasteiger partial charge in [0.1, 0.15) is 6.04 Å². The first-order valence-corrected chi connectivity index (χ1v) is 3.19. The maximum atomic E-state index is 10.7. The van der Waals surface area contributed by atoms with Gasteiger partial charge in [-0.25, -0.2) is 0 Å². The number of hydrogen-bond donors (Lipinski definition) is 1. The van der Waals surface area contributed by atoms with E-state index in [1.807, 2.05) is 0 Å². The number of rotatable bonds is 3. The fraction of sp³-hybridized carbons (Fsp3) is 0.833. The molecule has 1 aliphatic heterocycles. The van der Waals surface area contributed by atoms with Gasteiger partial charge >= 0.3 is 5.97 Å². The van der Waals surface area contributed by atoms with Gasteiger partial charge in [0.2, 0.25) is 0 Å². The van der Waals surface area contributed by atoms with Crippen molar-refractivity contribution >= 4 is 5.97 Å². The average molecular weight is 145 g/mol. The molecule has 0 amide bonds. The van der Waals surface area contributed by atoms with Crippen molar-refractivity contribution in [3.05, 3.63) is 0 Å². The second-order valence-electron chi connectivity index (χ2n) is 2.32. The molecular weight excluding hydrogens is 134 g/mol. The molecule has 2 atom stereocenters. The second kappa shape index (κ2) is 2.98. The lowest BCUT2D eigenvalue weighted by molar-refractivity contribution is -0.142. The third-order valence-electron chi connectivity index (χ3n) is 1.42. The fourth-order valence-electron chi connectivity index (χ4n) is 0.735. The summed E-state index contributed by atoms with van der Waals surface area (Å²) in [6.45, 7) is 0.727. The predicted molar refractivity (Wildman–Crippen MR) is 34.3 cm³/mol. The Hall–Kier alpha value is -0.610. The van der Waals surface area contributed by atoms with E-state index in [1.165, 1.54) is 7.11 Å². The van der Waals surface area contributed by atoms with Gasteiger partial charge in [0, 0.05) is 6.42 Å². The number of ether oxygens (including phenoxy) is 2. The number of epoxide rings is 1. The van der Waals surface area contributed by atoms with E-state index in [2.05, 4.69) is 4.74 Å². The second-order valence-corrected chi connectivity index (χ2v) is 2.32. The number of esters is 1. The monoisotopic (exact) mass is 145 g/mol. The van der Waals surface area contributed by atoms with Gasteiger partial charge in [0.05, 0.1) is 19.8 Å². The molecule has 0 spiro atoms. The van der Waals surface area contributed by atoms with E-state index in [9.17, 15) is 4.79 Å². The Kier molecular flexibility index (Phi) is 2.24. The van der Waals surface area contributed by atoms with Gasteiger partial charge in [0.15, 0.2) is 0 Å². The molecule has 0 radical (unpaired) electrons. The van der Waals surface area contributed by atoms with Gasteiger partial charge in [-0.1, -0.05) is 0 Å². The molecule has 1 fully saturated rings. The lowest BCUT2D eigenvalue weighted by atomic mass is 10.2. The number of methoxy groups -OCH3 is 1. The molecule has 0 aromatic rings. The highest BCUT2D eigenvalue weighted by molar-refractivity contribution is 5.75. The van der Waals surface area contributed by atoms with E-state index in [0.29, 0.717) is 6.42 Å². The van der Waals surface area contributed by atoms with Crippen LogP contribution in [0.4, 0.5) is 0 Å². The van der Waals surface area contributed by atoms with Gasteiger partial charge in [-0.05, 0) is 0 Å². The molecule has 0 bridgehead atoms. The highest BCUT2D eigenvalue weighted by Gasteiger charge is 2.28. The molecule has 0 saturated carbocycles. The fourth-order valence-corrected chi connectivity index (χ4v) is 0.735. The van der Waals surface area contributed by atoms with E-state index in [0.717, 1.165) is 6.61 Å². The van der Waals surface area contributed by atoms with Crippen molar-refractivity contribution in [2.45, 2.75) is 18.6 Å². The quantitative estimate of drug-likeness (QED) is 0.420. The van der Waals surface area contributed by atoms with Crippen LogP contribution in [0.2, 0.25) is 0 Å². The molecule has 4 heteroatoms. The zero-order chi connectivity index (χ0) is 7.56. The SMILES string of the molecule is COC(=O)[C@@H](N)C[C@H]1CO1. The van der Waals surface area contributed by atoms with Gasteiger partial charge in [-0.3, -0.25) is 4.79 Å². The molecule has 1 saturated heterocycles. The van der Waals surface area contributed by atoms with Crippen molar-refractivity contribution in [1.82, 2.24) is 0 Å². The largest absolute Gasteiger partial charge is 0.468 e.